The zero-order valence-corrected chi connectivity index (χ0v) is 11.0. The van der Waals surface area contributed by atoms with E-state index in [1.807, 2.05) is 0 Å². The van der Waals surface area contributed by atoms with E-state index in [2.05, 4.69) is 31.0 Å². The summed E-state index contributed by atoms with van der Waals surface area (Å²) in [6.07, 6.45) is 1.94. The van der Waals surface area contributed by atoms with Crippen LogP contribution >= 0.6 is 0 Å². The normalized spacial score (nSPS) is 11.1. The molecule has 0 rings (SSSR count). The van der Waals surface area contributed by atoms with Gasteiger partial charge < -0.3 is 11.1 Å². The minimum Gasteiger partial charge on any atom is -0.355 e. The number of carbonyl (C=O) groups is 1. The lowest BCUT2D eigenvalue weighted by Crippen LogP contribution is -2.40. The molecular weight excluding hydrogens is 202 g/mol. The number of nitrogens with two attached hydrogens (primary N) is 1. The lowest BCUT2D eigenvalue weighted by Gasteiger charge is -2.23. The minimum absolute atomic E-state index is 0.125. The number of nitrogens with zero attached hydrogens (tertiary/aromatic N) is 1. The van der Waals surface area contributed by atoms with Gasteiger partial charge >= 0.3 is 0 Å². The predicted molar refractivity (Wildman–Crippen MR) is 68.3 cm³/mol. The Morgan fingerprint density at radius 1 is 1.44 bits per heavy atom. The summed E-state index contributed by atoms with van der Waals surface area (Å²) in [5, 5.41) is 2.90. The largest absolute Gasteiger partial charge is 0.355 e. The SMILES string of the molecule is CCCNC(=O)CN(CCCN)CC(C)C. The Kier molecular flexibility index (Phi) is 9.24. The van der Waals surface area contributed by atoms with Crippen molar-refractivity contribution in [3.05, 3.63) is 0 Å². The topological polar surface area (TPSA) is 58.4 Å². The fourth-order valence-electron chi connectivity index (χ4n) is 1.59. The summed E-state index contributed by atoms with van der Waals surface area (Å²) in [7, 11) is 0. The number of nitrogens with one attached hydrogen (secondary N) is 1. The van der Waals surface area contributed by atoms with E-state index in [4.69, 9.17) is 5.73 Å². The van der Waals surface area contributed by atoms with E-state index in [0.717, 1.165) is 32.5 Å². The molecule has 1 amide bonds. The summed E-state index contributed by atoms with van der Waals surface area (Å²) >= 11 is 0. The molecule has 0 radical (unpaired) electrons. The molecule has 0 aliphatic carbocycles. The Morgan fingerprint density at radius 2 is 2.12 bits per heavy atom. The third-order valence-corrected chi connectivity index (χ3v) is 2.24. The van der Waals surface area contributed by atoms with Crippen LogP contribution < -0.4 is 11.1 Å². The second-order valence-electron chi connectivity index (χ2n) is 4.62. The summed E-state index contributed by atoms with van der Waals surface area (Å²) in [6.45, 7) is 10.2. The summed E-state index contributed by atoms with van der Waals surface area (Å²) in [5.74, 6) is 0.705. The van der Waals surface area contributed by atoms with Gasteiger partial charge in [-0.1, -0.05) is 20.8 Å². The first-order valence-electron chi connectivity index (χ1n) is 6.29. The summed E-state index contributed by atoms with van der Waals surface area (Å²) in [4.78, 5) is 13.8. The maximum Gasteiger partial charge on any atom is 0.234 e. The highest BCUT2D eigenvalue weighted by Crippen LogP contribution is 1.99. The zero-order chi connectivity index (χ0) is 12.4. The number of hydrogen-bond donors (Lipinski definition) is 2. The second-order valence-corrected chi connectivity index (χ2v) is 4.62. The molecule has 0 saturated carbocycles. The fourth-order valence-corrected chi connectivity index (χ4v) is 1.59. The van der Waals surface area contributed by atoms with Gasteiger partial charge in [0.25, 0.3) is 0 Å². The van der Waals surface area contributed by atoms with Crippen LogP contribution in [0.5, 0.6) is 0 Å². The van der Waals surface area contributed by atoms with Gasteiger partial charge in [-0.2, -0.15) is 0 Å². The number of hydrogen-bond acceptors (Lipinski definition) is 3. The van der Waals surface area contributed by atoms with Crippen molar-refractivity contribution in [1.29, 1.82) is 0 Å². The lowest BCUT2D eigenvalue weighted by atomic mass is 10.2. The Hall–Kier alpha value is -0.610. The van der Waals surface area contributed by atoms with Crippen LogP contribution in [0.4, 0.5) is 0 Å². The average molecular weight is 229 g/mol. The van der Waals surface area contributed by atoms with E-state index in [-0.39, 0.29) is 5.91 Å². The Bertz CT molecular complexity index is 183. The molecule has 0 fully saturated rings. The molecule has 0 aromatic rings. The van der Waals surface area contributed by atoms with Crippen LogP contribution in [-0.2, 0) is 4.79 Å². The Morgan fingerprint density at radius 3 is 2.62 bits per heavy atom. The molecule has 0 bridgehead atoms. The van der Waals surface area contributed by atoms with Crippen LogP contribution in [0.3, 0.4) is 0 Å². The first-order chi connectivity index (χ1) is 7.60. The van der Waals surface area contributed by atoms with E-state index in [9.17, 15) is 4.79 Å². The number of rotatable bonds is 9. The minimum atomic E-state index is 0.125. The predicted octanol–water partition coefficient (Wildman–Crippen LogP) is 0.819. The van der Waals surface area contributed by atoms with Crippen LogP contribution in [0, 0.1) is 5.92 Å². The van der Waals surface area contributed by atoms with Gasteiger partial charge in [-0.05, 0) is 31.8 Å². The molecule has 0 aromatic carbocycles. The zero-order valence-electron chi connectivity index (χ0n) is 11.0. The number of amides is 1. The van der Waals surface area contributed by atoms with Crippen LogP contribution in [0.15, 0.2) is 0 Å². The Labute approximate surface area is 99.6 Å². The lowest BCUT2D eigenvalue weighted by molar-refractivity contribution is -0.122. The van der Waals surface area contributed by atoms with E-state index in [1.165, 1.54) is 0 Å². The molecule has 96 valence electrons. The van der Waals surface area contributed by atoms with Crippen molar-refractivity contribution in [2.75, 3.05) is 32.7 Å². The fraction of sp³-hybridized carbons (Fsp3) is 0.917. The Balaban J connectivity index is 3.92. The second kappa shape index (κ2) is 9.60. The molecule has 4 nitrogen and oxygen atoms in total. The molecule has 0 heterocycles. The van der Waals surface area contributed by atoms with Crippen molar-refractivity contribution in [2.45, 2.75) is 33.6 Å². The smallest absolute Gasteiger partial charge is 0.234 e. The molecule has 3 N–H and O–H groups in total. The maximum atomic E-state index is 11.6. The molecule has 0 aliphatic rings. The van der Waals surface area contributed by atoms with Crippen molar-refractivity contribution in [2.24, 2.45) is 11.7 Å². The van der Waals surface area contributed by atoms with Crippen molar-refractivity contribution >= 4 is 5.91 Å². The molecule has 0 aliphatic heterocycles. The molecular formula is C12H27N3O. The third-order valence-electron chi connectivity index (χ3n) is 2.24. The molecule has 0 saturated heterocycles. The van der Waals surface area contributed by atoms with Gasteiger partial charge in [0.2, 0.25) is 5.91 Å². The molecule has 0 spiro atoms. The standard InChI is InChI=1S/C12H27N3O/c1-4-7-14-12(16)10-15(8-5-6-13)9-11(2)3/h11H,4-10,13H2,1-3H3,(H,14,16). The highest BCUT2D eigenvalue weighted by atomic mass is 16.2. The quantitative estimate of drug-likeness (QED) is 0.615. The van der Waals surface area contributed by atoms with E-state index in [0.29, 0.717) is 19.0 Å². The monoisotopic (exact) mass is 229 g/mol. The first-order valence-corrected chi connectivity index (χ1v) is 6.29. The van der Waals surface area contributed by atoms with Gasteiger partial charge in [0.15, 0.2) is 0 Å². The summed E-state index contributed by atoms with van der Waals surface area (Å²) in [5.41, 5.74) is 5.49. The average Bonchev–Trinajstić information content (AvgIpc) is 2.22. The molecule has 16 heavy (non-hydrogen) atoms. The molecule has 0 aromatic heterocycles. The van der Waals surface area contributed by atoms with Gasteiger partial charge in [-0.15, -0.1) is 0 Å². The summed E-state index contributed by atoms with van der Waals surface area (Å²) < 4.78 is 0. The van der Waals surface area contributed by atoms with E-state index < -0.39 is 0 Å². The van der Waals surface area contributed by atoms with Crippen LogP contribution in [0.2, 0.25) is 0 Å². The van der Waals surface area contributed by atoms with Gasteiger partial charge in [0, 0.05) is 13.1 Å². The van der Waals surface area contributed by atoms with Crippen LogP contribution in [0.25, 0.3) is 0 Å². The molecule has 4 heteroatoms. The van der Waals surface area contributed by atoms with Gasteiger partial charge in [-0.3, -0.25) is 9.69 Å². The third kappa shape index (κ3) is 8.68. The van der Waals surface area contributed by atoms with Crippen molar-refractivity contribution in [3.63, 3.8) is 0 Å². The molecule has 0 unspecified atom stereocenters. The summed E-state index contributed by atoms with van der Waals surface area (Å²) in [6, 6.07) is 0. The van der Waals surface area contributed by atoms with Crippen molar-refractivity contribution in [3.8, 4) is 0 Å². The molecule has 0 atom stereocenters. The van der Waals surface area contributed by atoms with Crippen molar-refractivity contribution in [1.82, 2.24) is 10.2 Å². The van der Waals surface area contributed by atoms with Crippen LogP contribution in [-0.4, -0.2) is 43.5 Å². The first kappa shape index (κ1) is 15.4. The van der Waals surface area contributed by atoms with E-state index >= 15 is 0 Å². The van der Waals surface area contributed by atoms with Crippen LogP contribution in [0.1, 0.15) is 33.6 Å². The van der Waals surface area contributed by atoms with Crippen molar-refractivity contribution < 1.29 is 4.79 Å². The highest BCUT2D eigenvalue weighted by molar-refractivity contribution is 5.77. The highest BCUT2D eigenvalue weighted by Gasteiger charge is 2.11. The van der Waals surface area contributed by atoms with E-state index in [1.54, 1.807) is 0 Å². The number of carbonyl (C=O) groups excluding carboxylic acids is 1. The van der Waals surface area contributed by atoms with Gasteiger partial charge in [0.1, 0.15) is 0 Å². The maximum absolute atomic E-state index is 11.6. The van der Waals surface area contributed by atoms with Gasteiger partial charge in [0.05, 0.1) is 6.54 Å². The van der Waals surface area contributed by atoms with Gasteiger partial charge in [-0.25, -0.2) is 0 Å².